The number of para-hydroxylation sites is 1. The first-order valence-electron chi connectivity index (χ1n) is 7.06. The van der Waals surface area contributed by atoms with Crippen molar-refractivity contribution in [1.29, 1.82) is 0 Å². The highest BCUT2D eigenvalue weighted by molar-refractivity contribution is 7.80. The van der Waals surface area contributed by atoms with Crippen molar-refractivity contribution >= 4 is 35.0 Å². The van der Waals surface area contributed by atoms with Gasteiger partial charge in [-0.3, -0.25) is 9.69 Å². The molecule has 0 unspecified atom stereocenters. The molecule has 2 aromatic rings. The summed E-state index contributed by atoms with van der Waals surface area (Å²) in [5, 5.41) is 3.41. The molecule has 4 heteroatoms. The van der Waals surface area contributed by atoms with Crippen molar-refractivity contribution in [2.75, 3.05) is 4.90 Å². The van der Waals surface area contributed by atoms with Crippen LogP contribution in [0.3, 0.4) is 0 Å². The third kappa shape index (κ3) is 2.65. The molecule has 1 aliphatic heterocycles. The van der Waals surface area contributed by atoms with Gasteiger partial charge >= 0.3 is 0 Å². The van der Waals surface area contributed by atoms with E-state index in [1.165, 1.54) is 16.0 Å². The summed E-state index contributed by atoms with van der Waals surface area (Å²) in [6.45, 7) is 4.12. The van der Waals surface area contributed by atoms with Crippen molar-refractivity contribution in [3.63, 3.8) is 0 Å². The number of benzene rings is 2. The lowest BCUT2D eigenvalue weighted by molar-refractivity contribution is -0.113. The Labute approximate surface area is 135 Å². The minimum absolute atomic E-state index is 0.130. The van der Waals surface area contributed by atoms with Gasteiger partial charge in [0.2, 0.25) is 0 Å². The predicted molar refractivity (Wildman–Crippen MR) is 93.6 cm³/mol. The molecule has 0 aliphatic carbocycles. The molecule has 1 amide bonds. The number of carbonyl (C=O) groups excluding carboxylic acids is 1. The second kappa shape index (κ2) is 5.73. The zero-order chi connectivity index (χ0) is 15.7. The molecule has 1 aliphatic rings. The van der Waals surface area contributed by atoms with Gasteiger partial charge in [-0.2, -0.15) is 0 Å². The van der Waals surface area contributed by atoms with Crippen molar-refractivity contribution in [3.8, 4) is 0 Å². The number of carbonyl (C=O) groups is 1. The minimum atomic E-state index is -0.130. The molecule has 0 aromatic heterocycles. The zero-order valence-electron chi connectivity index (χ0n) is 12.5. The largest absolute Gasteiger partial charge is 0.327 e. The van der Waals surface area contributed by atoms with E-state index in [0.717, 1.165) is 11.3 Å². The second-order valence-corrected chi connectivity index (χ2v) is 5.69. The molecule has 3 nitrogen and oxygen atoms in total. The number of hydrogen-bond acceptors (Lipinski definition) is 2. The van der Waals surface area contributed by atoms with Crippen LogP contribution < -0.4 is 10.2 Å². The number of anilines is 1. The van der Waals surface area contributed by atoms with Gasteiger partial charge in [0.05, 0.1) is 5.69 Å². The summed E-state index contributed by atoms with van der Waals surface area (Å²) in [5.74, 6) is -0.130. The first-order valence-corrected chi connectivity index (χ1v) is 7.46. The number of aryl methyl sites for hydroxylation is 2. The van der Waals surface area contributed by atoms with Crippen molar-refractivity contribution < 1.29 is 4.79 Å². The lowest BCUT2D eigenvalue weighted by Gasteiger charge is -2.13. The zero-order valence-corrected chi connectivity index (χ0v) is 13.3. The van der Waals surface area contributed by atoms with Gasteiger partial charge in [0.25, 0.3) is 5.91 Å². The maximum Gasteiger partial charge on any atom is 0.281 e. The Hall–Kier alpha value is -2.46. The predicted octanol–water partition coefficient (Wildman–Crippen LogP) is 3.57. The molecular formula is C18H16N2OS. The van der Waals surface area contributed by atoms with E-state index in [4.69, 9.17) is 12.2 Å². The van der Waals surface area contributed by atoms with Gasteiger partial charge in [0, 0.05) is 0 Å². The Morgan fingerprint density at radius 1 is 1.05 bits per heavy atom. The van der Waals surface area contributed by atoms with Crippen LogP contribution >= 0.6 is 12.2 Å². The summed E-state index contributed by atoms with van der Waals surface area (Å²) in [7, 11) is 0. The highest BCUT2D eigenvalue weighted by Crippen LogP contribution is 2.22. The number of amides is 1. The smallest absolute Gasteiger partial charge is 0.281 e. The van der Waals surface area contributed by atoms with Crippen LogP contribution in [-0.4, -0.2) is 11.0 Å². The Balaban J connectivity index is 1.93. The molecular weight excluding hydrogens is 292 g/mol. The van der Waals surface area contributed by atoms with Gasteiger partial charge in [0.15, 0.2) is 5.11 Å². The molecule has 1 fully saturated rings. The molecule has 0 radical (unpaired) electrons. The molecule has 2 aromatic carbocycles. The SMILES string of the molecule is Cc1ccc(/C=C2/NC(=S)N(c3ccccc3)C2=O)cc1C. The third-order valence-corrected chi connectivity index (χ3v) is 4.02. The highest BCUT2D eigenvalue weighted by Gasteiger charge is 2.31. The van der Waals surface area contributed by atoms with Gasteiger partial charge in [-0.1, -0.05) is 36.4 Å². The van der Waals surface area contributed by atoms with Crippen LogP contribution in [0.4, 0.5) is 5.69 Å². The maximum atomic E-state index is 12.6. The van der Waals surface area contributed by atoms with E-state index in [1.54, 1.807) is 0 Å². The Bertz CT molecular complexity index is 781. The molecule has 0 atom stereocenters. The topological polar surface area (TPSA) is 32.3 Å². The molecule has 3 rings (SSSR count). The van der Waals surface area contributed by atoms with Crippen LogP contribution in [0.25, 0.3) is 6.08 Å². The van der Waals surface area contributed by atoms with Gasteiger partial charge < -0.3 is 5.32 Å². The first-order chi connectivity index (χ1) is 10.6. The summed E-state index contributed by atoms with van der Waals surface area (Å²) >= 11 is 5.29. The normalized spacial score (nSPS) is 16.3. The molecule has 22 heavy (non-hydrogen) atoms. The number of nitrogens with zero attached hydrogens (tertiary/aromatic N) is 1. The maximum absolute atomic E-state index is 12.6. The first kappa shape index (κ1) is 14.5. The van der Waals surface area contributed by atoms with Crippen molar-refractivity contribution in [2.45, 2.75) is 13.8 Å². The molecule has 110 valence electrons. The highest BCUT2D eigenvalue weighted by atomic mass is 32.1. The van der Waals surface area contributed by atoms with E-state index in [9.17, 15) is 4.79 Å². The van der Waals surface area contributed by atoms with Crippen LogP contribution in [0.2, 0.25) is 0 Å². The fourth-order valence-electron chi connectivity index (χ4n) is 2.37. The molecule has 0 saturated carbocycles. The fourth-order valence-corrected chi connectivity index (χ4v) is 2.67. The van der Waals surface area contributed by atoms with Crippen LogP contribution in [-0.2, 0) is 4.79 Å². The van der Waals surface area contributed by atoms with Crippen molar-refractivity contribution in [2.24, 2.45) is 0 Å². The fraction of sp³-hybridized carbons (Fsp3) is 0.111. The Morgan fingerprint density at radius 3 is 2.45 bits per heavy atom. The number of rotatable bonds is 2. The van der Waals surface area contributed by atoms with Crippen LogP contribution in [0.15, 0.2) is 54.2 Å². The van der Waals surface area contributed by atoms with E-state index in [1.807, 2.05) is 42.5 Å². The average molecular weight is 308 g/mol. The third-order valence-electron chi connectivity index (χ3n) is 3.73. The molecule has 1 saturated heterocycles. The van der Waals surface area contributed by atoms with Crippen LogP contribution in [0.1, 0.15) is 16.7 Å². The lowest BCUT2D eigenvalue weighted by Crippen LogP contribution is -2.30. The van der Waals surface area contributed by atoms with Gasteiger partial charge in [0.1, 0.15) is 5.70 Å². The van der Waals surface area contributed by atoms with Crippen molar-refractivity contribution in [1.82, 2.24) is 5.32 Å². The van der Waals surface area contributed by atoms with E-state index in [-0.39, 0.29) is 5.91 Å². The summed E-state index contributed by atoms with van der Waals surface area (Å²) in [6, 6.07) is 15.5. The van der Waals surface area contributed by atoms with E-state index in [0.29, 0.717) is 10.8 Å². The summed E-state index contributed by atoms with van der Waals surface area (Å²) in [6.07, 6.45) is 1.84. The number of hydrogen-bond donors (Lipinski definition) is 1. The standard InChI is InChI=1S/C18H16N2OS/c1-12-8-9-14(10-13(12)2)11-16-17(21)20(18(22)19-16)15-6-4-3-5-7-15/h3-11H,1-2H3,(H,19,22)/b16-11+. The van der Waals surface area contributed by atoms with E-state index in [2.05, 4.69) is 31.3 Å². The quantitative estimate of drug-likeness (QED) is 0.680. The second-order valence-electron chi connectivity index (χ2n) is 5.31. The van der Waals surface area contributed by atoms with Crippen LogP contribution in [0.5, 0.6) is 0 Å². The van der Waals surface area contributed by atoms with Crippen LogP contribution in [0, 0.1) is 13.8 Å². The van der Waals surface area contributed by atoms with E-state index >= 15 is 0 Å². The molecule has 0 bridgehead atoms. The molecule has 1 N–H and O–H groups in total. The number of nitrogens with one attached hydrogen (secondary N) is 1. The average Bonchev–Trinajstić information content (AvgIpc) is 2.78. The lowest BCUT2D eigenvalue weighted by atomic mass is 10.1. The Kier molecular flexibility index (Phi) is 3.77. The van der Waals surface area contributed by atoms with Gasteiger partial charge in [-0.05, 0) is 61.0 Å². The van der Waals surface area contributed by atoms with E-state index < -0.39 is 0 Å². The summed E-state index contributed by atoms with van der Waals surface area (Å²) in [4.78, 5) is 14.1. The minimum Gasteiger partial charge on any atom is -0.327 e. The summed E-state index contributed by atoms with van der Waals surface area (Å²) in [5.41, 5.74) is 4.68. The van der Waals surface area contributed by atoms with Crippen molar-refractivity contribution in [3.05, 3.63) is 70.9 Å². The van der Waals surface area contributed by atoms with Gasteiger partial charge in [-0.15, -0.1) is 0 Å². The number of thiocarbonyl (C=S) groups is 1. The molecule has 0 spiro atoms. The Morgan fingerprint density at radius 2 is 1.77 bits per heavy atom. The molecule has 1 heterocycles. The summed E-state index contributed by atoms with van der Waals surface area (Å²) < 4.78 is 0. The monoisotopic (exact) mass is 308 g/mol. The van der Waals surface area contributed by atoms with Gasteiger partial charge in [-0.25, -0.2) is 0 Å².